The third-order valence-corrected chi connectivity index (χ3v) is 6.86. The van der Waals surface area contributed by atoms with Crippen molar-refractivity contribution < 1.29 is 10.3 Å². The molecule has 1 saturated carbocycles. The van der Waals surface area contributed by atoms with Crippen molar-refractivity contribution in [2.24, 2.45) is 5.92 Å². The second-order valence-electron chi connectivity index (χ2n) is 9.46. The molecule has 3 aromatic rings. The molecular weight excluding hydrogens is 432 g/mol. The van der Waals surface area contributed by atoms with E-state index in [4.69, 9.17) is 4.79 Å². The van der Waals surface area contributed by atoms with Gasteiger partial charge in [-0.3, -0.25) is 4.90 Å². The first-order chi connectivity index (χ1) is 16.8. The maximum absolute atomic E-state index is 8.81. The van der Waals surface area contributed by atoms with Crippen LogP contribution in [0.5, 0.6) is 0 Å². The number of aldehydes is 1. The Kier molecular flexibility index (Phi) is 13.9. The zero-order valence-corrected chi connectivity index (χ0v) is 21.4. The predicted molar refractivity (Wildman–Crippen MR) is 149 cm³/mol. The summed E-state index contributed by atoms with van der Waals surface area (Å²) in [6, 6.07) is 26.3. The van der Waals surface area contributed by atoms with Crippen LogP contribution in [0.25, 0.3) is 10.8 Å². The second kappa shape index (κ2) is 17.0. The van der Waals surface area contributed by atoms with E-state index in [0.29, 0.717) is 0 Å². The van der Waals surface area contributed by atoms with Crippen LogP contribution in [0.15, 0.2) is 72.8 Å². The molecule has 0 bridgehead atoms. The molecule has 0 atom stereocenters. The van der Waals surface area contributed by atoms with Gasteiger partial charge in [0.25, 0.3) is 0 Å². The lowest BCUT2D eigenvalue weighted by Gasteiger charge is -2.26. The molecule has 190 valence electrons. The molecular formula is C31H44N2O2. The summed E-state index contributed by atoms with van der Waals surface area (Å²) < 4.78 is 0. The van der Waals surface area contributed by atoms with Crippen molar-refractivity contribution >= 4 is 17.1 Å². The molecule has 0 unspecified atom stereocenters. The van der Waals surface area contributed by atoms with Gasteiger partial charge in [0, 0.05) is 26.2 Å². The molecule has 1 fully saturated rings. The number of hydrogen-bond donors (Lipinski definition) is 1. The largest absolute Gasteiger partial charge is 0.412 e. The van der Waals surface area contributed by atoms with E-state index in [1.807, 2.05) is 0 Å². The molecule has 3 aromatic carbocycles. The summed E-state index contributed by atoms with van der Waals surface area (Å²) in [4.78, 5) is 11.5. The van der Waals surface area contributed by atoms with E-state index in [9.17, 15) is 0 Å². The minimum atomic E-state index is 0. The lowest BCUT2D eigenvalue weighted by atomic mass is 9.86. The van der Waals surface area contributed by atoms with Crippen molar-refractivity contribution in [1.82, 2.24) is 10.2 Å². The van der Waals surface area contributed by atoms with E-state index in [2.05, 4.69) is 83.0 Å². The van der Waals surface area contributed by atoms with Crippen molar-refractivity contribution in [3.05, 3.63) is 83.9 Å². The van der Waals surface area contributed by atoms with Gasteiger partial charge in [-0.25, -0.2) is 0 Å². The van der Waals surface area contributed by atoms with Crippen LogP contribution < -0.4 is 5.32 Å². The van der Waals surface area contributed by atoms with Crippen LogP contribution in [-0.4, -0.2) is 36.3 Å². The minimum absolute atomic E-state index is 0. The second-order valence-corrected chi connectivity index (χ2v) is 9.46. The molecule has 0 radical (unpaired) electrons. The first-order valence-corrected chi connectivity index (χ1v) is 13.1. The maximum Gasteiger partial charge on any atom is 0.116 e. The Morgan fingerprint density at radius 1 is 0.886 bits per heavy atom. The van der Waals surface area contributed by atoms with Gasteiger partial charge in [-0.1, -0.05) is 105 Å². The molecule has 0 aromatic heterocycles. The van der Waals surface area contributed by atoms with Crippen LogP contribution in [-0.2, 0) is 17.9 Å². The number of nitrogens with one attached hydrogen (secondary N) is 1. The summed E-state index contributed by atoms with van der Waals surface area (Å²) >= 11 is 0. The third kappa shape index (κ3) is 10.3. The average Bonchev–Trinajstić information content (AvgIpc) is 2.88. The molecule has 1 aliphatic rings. The molecule has 4 rings (SSSR count). The summed E-state index contributed by atoms with van der Waals surface area (Å²) in [5.74, 6) is 0.976. The van der Waals surface area contributed by atoms with Crippen molar-refractivity contribution in [2.45, 2.75) is 65.0 Å². The van der Waals surface area contributed by atoms with Crippen LogP contribution in [0.4, 0.5) is 0 Å². The number of fused-ring (bicyclic) bond motifs is 1. The Balaban J connectivity index is 0.00000103. The average molecular weight is 477 g/mol. The number of rotatable bonds is 11. The summed E-state index contributed by atoms with van der Waals surface area (Å²) in [7, 11) is 0. The van der Waals surface area contributed by atoms with Crippen LogP contribution in [0, 0.1) is 5.92 Å². The number of nitrogens with zero attached hydrogens (tertiary/aromatic N) is 1. The smallest absolute Gasteiger partial charge is 0.116 e. The highest BCUT2D eigenvalue weighted by atomic mass is 16.1. The molecule has 0 amide bonds. The first kappa shape index (κ1) is 28.7. The molecule has 0 spiro atoms. The number of carbonyl (C=O) groups excluding carboxylic acids is 1. The zero-order chi connectivity index (χ0) is 23.8. The van der Waals surface area contributed by atoms with E-state index in [1.54, 1.807) is 0 Å². The fourth-order valence-corrected chi connectivity index (χ4v) is 5.09. The van der Waals surface area contributed by atoms with E-state index in [0.717, 1.165) is 38.4 Å². The van der Waals surface area contributed by atoms with E-state index >= 15 is 0 Å². The van der Waals surface area contributed by atoms with Crippen molar-refractivity contribution in [3.8, 4) is 0 Å². The summed E-state index contributed by atoms with van der Waals surface area (Å²) in [5.41, 5.74) is 2.82. The number of carbonyl (C=O) groups is 1. The monoisotopic (exact) mass is 476 g/mol. The molecule has 0 aliphatic heterocycles. The normalized spacial score (nSPS) is 13.7. The van der Waals surface area contributed by atoms with Gasteiger partial charge in [-0.05, 0) is 54.1 Å². The zero-order valence-electron chi connectivity index (χ0n) is 21.4. The lowest BCUT2D eigenvalue weighted by Crippen LogP contribution is -2.32. The highest BCUT2D eigenvalue weighted by molar-refractivity contribution is 5.85. The number of hydrogen-bond acceptors (Lipinski definition) is 3. The van der Waals surface area contributed by atoms with Crippen LogP contribution in [0.3, 0.4) is 0 Å². The maximum atomic E-state index is 8.81. The van der Waals surface area contributed by atoms with Gasteiger partial charge in [-0.2, -0.15) is 0 Å². The molecule has 4 nitrogen and oxygen atoms in total. The highest BCUT2D eigenvalue weighted by Gasteiger charge is 2.14. The predicted octanol–water partition coefficient (Wildman–Crippen LogP) is 6.17. The fraction of sp³-hybridized carbons (Fsp3) is 0.452. The molecule has 0 saturated heterocycles. The first-order valence-electron chi connectivity index (χ1n) is 13.1. The molecule has 1 aliphatic carbocycles. The van der Waals surface area contributed by atoms with E-state index in [1.165, 1.54) is 80.3 Å². The van der Waals surface area contributed by atoms with Crippen LogP contribution >= 0.6 is 0 Å². The summed E-state index contributed by atoms with van der Waals surface area (Å²) in [6.07, 6.45) is 10.8. The van der Waals surface area contributed by atoms with Gasteiger partial charge in [0.05, 0.1) is 0 Å². The van der Waals surface area contributed by atoms with Crippen LogP contribution in [0.2, 0.25) is 0 Å². The lowest BCUT2D eigenvalue weighted by molar-refractivity contribution is -0.106. The highest BCUT2D eigenvalue weighted by Crippen LogP contribution is 2.27. The third-order valence-electron chi connectivity index (χ3n) is 6.86. The molecule has 35 heavy (non-hydrogen) atoms. The number of benzene rings is 3. The Morgan fingerprint density at radius 2 is 1.57 bits per heavy atom. The SMILES string of the molecule is CC=O.O.c1ccc(CNCCN(CCCC2CCCCC2)Cc2cccc3ccccc23)cc1. The minimum Gasteiger partial charge on any atom is -0.412 e. The fourth-order valence-electron chi connectivity index (χ4n) is 5.09. The van der Waals surface area contributed by atoms with Gasteiger partial charge >= 0.3 is 0 Å². The molecule has 3 N–H and O–H groups in total. The van der Waals surface area contributed by atoms with E-state index in [-0.39, 0.29) is 5.48 Å². The van der Waals surface area contributed by atoms with E-state index < -0.39 is 0 Å². The summed E-state index contributed by atoms with van der Waals surface area (Å²) in [6.45, 7) is 6.76. The Morgan fingerprint density at radius 3 is 2.34 bits per heavy atom. The topological polar surface area (TPSA) is 63.8 Å². The quantitative estimate of drug-likeness (QED) is 0.266. The Bertz CT molecular complexity index is 949. The van der Waals surface area contributed by atoms with Gasteiger partial charge in [0.1, 0.15) is 6.29 Å². The summed E-state index contributed by atoms with van der Waals surface area (Å²) in [5, 5.41) is 6.41. The van der Waals surface area contributed by atoms with Crippen molar-refractivity contribution in [1.29, 1.82) is 0 Å². The molecule has 0 heterocycles. The van der Waals surface area contributed by atoms with Gasteiger partial charge < -0.3 is 15.6 Å². The van der Waals surface area contributed by atoms with Gasteiger partial charge in [-0.15, -0.1) is 0 Å². The molecule has 4 heteroatoms. The Labute approximate surface area is 212 Å². The van der Waals surface area contributed by atoms with Crippen molar-refractivity contribution in [3.63, 3.8) is 0 Å². The van der Waals surface area contributed by atoms with Gasteiger partial charge in [0.15, 0.2) is 0 Å². The van der Waals surface area contributed by atoms with Crippen LogP contribution in [0.1, 0.15) is 63.0 Å². The Hall–Kier alpha value is -2.53. The standard InChI is InChI=1S/C29H38N2.C2H4O.H2O/c1-3-11-25(12-4-1)15-10-21-31(22-20-30-23-26-13-5-2-6-14-26)24-28-18-9-17-27-16-7-8-19-29(27)28;1-2-3;/h2,5-9,13-14,16-19,25,30H,1,3-4,10-12,15,20-24H2;2H,1H3;1H2. The van der Waals surface area contributed by atoms with Gasteiger partial charge in [0.2, 0.25) is 0 Å². The van der Waals surface area contributed by atoms with Crippen molar-refractivity contribution in [2.75, 3.05) is 19.6 Å².